The van der Waals surface area contributed by atoms with E-state index in [0.717, 1.165) is 25.7 Å². The molecule has 0 aromatic carbocycles. The average Bonchev–Trinajstić information content (AvgIpc) is 2.61. The van der Waals surface area contributed by atoms with Crippen LogP contribution in [0.25, 0.3) is 0 Å². The van der Waals surface area contributed by atoms with Crippen molar-refractivity contribution < 1.29 is 19.1 Å². The minimum Gasteiger partial charge on any atom is -0.479 e. The summed E-state index contributed by atoms with van der Waals surface area (Å²) in [5.74, 6) is -1.50. The standard InChI is InChI=1S/C12H18FNO3/c1-2-11(4-3-5-11)9(15)14-7-6-12(13,8-14)10(16)17/h2-8H2,1H3,(H,16,17). The highest BCUT2D eigenvalue weighted by Crippen LogP contribution is 2.46. The van der Waals surface area contributed by atoms with Gasteiger partial charge in [0.1, 0.15) is 0 Å². The number of hydrogen-bond donors (Lipinski definition) is 1. The summed E-state index contributed by atoms with van der Waals surface area (Å²) in [4.78, 5) is 24.4. The minimum absolute atomic E-state index is 0.0491. The van der Waals surface area contributed by atoms with Gasteiger partial charge in [0.15, 0.2) is 0 Å². The van der Waals surface area contributed by atoms with Crippen LogP contribution in [0.15, 0.2) is 0 Å². The van der Waals surface area contributed by atoms with Crippen LogP contribution in [0.5, 0.6) is 0 Å². The topological polar surface area (TPSA) is 57.6 Å². The van der Waals surface area contributed by atoms with Gasteiger partial charge in [-0.05, 0) is 19.3 Å². The van der Waals surface area contributed by atoms with Gasteiger partial charge in [0, 0.05) is 18.4 Å². The molecule has 2 rings (SSSR count). The van der Waals surface area contributed by atoms with Crippen LogP contribution in [-0.2, 0) is 9.59 Å². The zero-order valence-corrected chi connectivity index (χ0v) is 10.0. The van der Waals surface area contributed by atoms with E-state index in [4.69, 9.17) is 5.11 Å². The van der Waals surface area contributed by atoms with Crippen LogP contribution in [0.1, 0.15) is 39.0 Å². The molecule has 4 nitrogen and oxygen atoms in total. The lowest BCUT2D eigenvalue weighted by molar-refractivity contribution is -0.152. The Labute approximate surface area is 99.8 Å². The number of alkyl halides is 1. The first-order chi connectivity index (χ1) is 7.93. The van der Waals surface area contributed by atoms with E-state index in [-0.39, 0.29) is 30.8 Å². The van der Waals surface area contributed by atoms with Gasteiger partial charge >= 0.3 is 5.97 Å². The molecule has 0 bridgehead atoms. The van der Waals surface area contributed by atoms with Crippen LogP contribution >= 0.6 is 0 Å². The summed E-state index contributed by atoms with van der Waals surface area (Å²) in [7, 11) is 0. The molecule has 5 heteroatoms. The maximum atomic E-state index is 13.9. The highest BCUT2D eigenvalue weighted by atomic mass is 19.1. The molecule has 1 aliphatic carbocycles. The first-order valence-electron chi connectivity index (χ1n) is 6.15. The molecule has 1 saturated heterocycles. The molecule has 1 atom stereocenters. The zero-order chi connectivity index (χ0) is 12.7. The molecule has 96 valence electrons. The molecule has 0 radical (unpaired) electrons. The maximum absolute atomic E-state index is 13.9. The molecule has 1 N–H and O–H groups in total. The Morgan fingerprint density at radius 3 is 2.35 bits per heavy atom. The van der Waals surface area contributed by atoms with Crippen LogP contribution in [0.4, 0.5) is 4.39 Å². The summed E-state index contributed by atoms with van der Waals surface area (Å²) in [6.45, 7) is 1.90. The number of carbonyl (C=O) groups excluding carboxylic acids is 1. The van der Waals surface area contributed by atoms with Crippen molar-refractivity contribution in [1.82, 2.24) is 4.90 Å². The van der Waals surface area contributed by atoms with Crippen LogP contribution < -0.4 is 0 Å². The summed E-state index contributed by atoms with van der Waals surface area (Å²) in [5, 5.41) is 8.79. The number of carboxylic acid groups (broad SMARTS) is 1. The zero-order valence-electron chi connectivity index (χ0n) is 10.0. The van der Waals surface area contributed by atoms with Crippen LogP contribution in [0, 0.1) is 5.41 Å². The van der Waals surface area contributed by atoms with Crippen LogP contribution in [-0.4, -0.2) is 40.6 Å². The first kappa shape index (κ1) is 12.3. The molecule has 1 saturated carbocycles. The lowest BCUT2D eigenvalue weighted by atomic mass is 9.66. The van der Waals surface area contributed by atoms with E-state index in [1.807, 2.05) is 6.92 Å². The third kappa shape index (κ3) is 1.81. The van der Waals surface area contributed by atoms with Gasteiger partial charge in [0.2, 0.25) is 11.6 Å². The minimum atomic E-state index is -2.24. The lowest BCUT2D eigenvalue weighted by Crippen LogP contribution is -2.48. The highest BCUT2D eigenvalue weighted by Gasteiger charge is 2.51. The summed E-state index contributed by atoms with van der Waals surface area (Å²) in [6, 6.07) is 0. The Hall–Kier alpha value is -1.13. The van der Waals surface area contributed by atoms with Crippen LogP contribution in [0.3, 0.4) is 0 Å². The van der Waals surface area contributed by atoms with Gasteiger partial charge in [-0.1, -0.05) is 13.3 Å². The number of halogens is 1. The number of aliphatic carboxylic acids is 1. The average molecular weight is 243 g/mol. The molecular formula is C12H18FNO3. The predicted molar refractivity (Wildman–Crippen MR) is 59.2 cm³/mol. The Morgan fingerprint density at radius 2 is 2.00 bits per heavy atom. The number of nitrogens with zero attached hydrogens (tertiary/aromatic N) is 1. The predicted octanol–water partition coefficient (Wildman–Crippen LogP) is 1.59. The Kier molecular flexibility index (Phi) is 2.87. The number of carboxylic acids is 1. The molecular weight excluding hydrogens is 225 g/mol. The van der Waals surface area contributed by atoms with Crippen molar-refractivity contribution >= 4 is 11.9 Å². The van der Waals surface area contributed by atoms with E-state index < -0.39 is 11.6 Å². The Bertz CT molecular complexity index is 348. The Morgan fingerprint density at radius 1 is 1.35 bits per heavy atom. The number of hydrogen-bond acceptors (Lipinski definition) is 2. The van der Waals surface area contributed by atoms with Gasteiger partial charge < -0.3 is 10.0 Å². The second kappa shape index (κ2) is 3.96. The third-order valence-corrected chi connectivity index (χ3v) is 4.33. The highest BCUT2D eigenvalue weighted by molar-refractivity contribution is 5.86. The second-order valence-corrected chi connectivity index (χ2v) is 5.23. The number of rotatable bonds is 3. The van der Waals surface area contributed by atoms with Crippen molar-refractivity contribution in [3.63, 3.8) is 0 Å². The summed E-state index contributed by atoms with van der Waals surface area (Å²) >= 11 is 0. The number of carbonyl (C=O) groups is 2. The van der Waals surface area contributed by atoms with Gasteiger partial charge in [0.05, 0.1) is 6.54 Å². The van der Waals surface area contributed by atoms with E-state index in [1.54, 1.807) is 0 Å². The van der Waals surface area contributed by atoms with Gasteiger partial charge in [-0.15, -0.1) is 0 Å². The summed E-state index contributed by atoms with van der Waals surface area (Å²) < 4.78 is 13.9. The van der Waals surface area contributed by atoms with E-state index in [9.17, 15) is 14.0 Å². The van der Waals surface area contributed by atoms with Crippen molar-refractivity contribution in [2.24, 2.45) is 5.41 Å². The van der Waals surface area contributed by atoms with Gasteiger partial charge in [-0.25, -0.2) is 9.18 Å². The fourth-order valence-corrected chi connectivity index (χ4v) is 2.78. The van der Waals surface area contributed by atoms with E-state index in [1.165, 1.54) is 4.90 Å². The SMILES string of the molecule is CCC1(C(=O)N2CCC(F)(C(=O)O)C2)CCC1. The van der Waals surface area contributed by atoms with E-state index in [0.29, 0.717) is 0 Å². The van der Waals surface area contributed by atoms with E-state index in [2.05, 4.69) is 0 Å². The smallest absolute Gasteiger partial charge is 0.343 e. The van der Waals surface area contributed by atoms with Crippen molar-refractivity contribution in [2.45, 2.75) is 44.7 Å². The molecule has 17 heavy (non-hydrogen) atoms. The maximum Gasteiger partial charge on any atom is 0.343 e. The molecule has 2 fully saturated rings. The van der Waals surface area contributed by atoms with Gasteiger partial charge in [0.25, 0.3) is 0 Å². The molecule has 1 amide bonds. The molecule has 0 aromatic rings. The molecule has 1 aliphatic heterocycles. The number of likely N-dealkylation sites (tertiary alicyclic amines) is 1. The molecule has 1 unspecified atom stereocenters. The molecule has 1 heterocycles. The number of amides is 1. The molecule has 2 aliphatic rings. The fraction of sp³-hybridized carbons (Fsp3) is 0.833. The quantitative estimate of drug-likeness (QED) is 0.819. The largest absolute Gasteiger partial charge is 0.479 e. The monoisotopic (exact) mass is 243 g/mol. The second-order valence-electron chi connectivity index (χ2n) is 5.23. The summed E-state index contributed by atoms with van der Waals surface area (Å²) in [6.07, 6.45) is 3.41. The Balaban J connectivity index is 2.06. The molecule has 0 aromatic heterocycles. The first-order valence-corrected chi connectivity index (χ1v) is 6.15. The van der Waals surface area contributed by atoms with Crippen molar-refractivity contribution in [3.05, 3.63) is 0 Å². The van der Waals surface area contributed by atoms with Gasteiger partial charge in [-0.3, -0.25) is 4.79 Å². The summed E-state index contributed by atoms with van der Waals surface area (Å²) in [5.41, 5.74) is -2.57. The van der Waals surface area contributed by atoms with E-state index >= 15 is 0 Å². The van der Waals surface area contributed by atoms with Crippen molar-refractivity contribution in [3.8, 4) is 0 Å². The fourth-order valence-electron chi connectivity index (χ4n) is 2.78. The third-order valence-electron chi connectivity index (χ3n) is 4.33. The van der Waals surface area contributed by atoms with Crippen molar-refractivity contribution in [2.75, 3.05) is 13.1 Å². The molecule has 0 spiro atoms. The normalized spacial score (nSPS) is 31.1. The lowest BCUT2D eigenvalue weighted by Gasteiger charge is -2.42. The van der Waals surface area contributed by atoms with Crippen molar-refractivity contribution in [1.29, 1.82) is 0 Å². The van der Waals surface area contributed by atoms with Crippen LogP contribution in [0.2, 0.25) is 0 Å². The van der Waals surface area contributed by atoms with Gasteiger partial charge in [-0.2, -0.15) is 0 Å².